The van der Waals surface area contributed by atoms with Gasteiger partial charge in [0, 0.05) is 6.04 Å². The zero-order chi connectivity index (χ0) is 15.2. The van der Waals surface area contributed by atoms with Crippen molar-refractivity contribution in [1.82, 2.24) is 10.6 Å². The second-order valence-corrected chi connectivity index (χ2v) is 6.53. The number of carbonyl (C=O) groups excluding carboxylic acids is 1. The molecular weight excluding hydrogens is 256 g/mol. The first-order chi connectivity index (χ1) is 9.33. The van der Waals surface area contributed by atoms with E-state index in [1.807, 2.05) is 6.92 Å². The Kier molecular flexibility index (Phi) is 6.30. The van der Waals surface area contributed by atoms with Gasteiger partial charge in [0.2, 0.25) is 0 Å². The molecule has 2 amide bonds. The molecular formula is C15H28N2O3. The lowest BCUT2D eigenvalue weighted by Crippen LogP contribution is -2.53. The lowest BCUT2D eigenvalue weighted by atomic mass is 9.93. The van der Waals surface area contributed by atoms with E-state index in [0.717, 1.165) is 38.5 Å². The number of nitrogens with one attached hydrogen (secondary N) is 2. The topological polar surface area (TPSA) is 78.4 Å². The molecule has 0 aromatic rings. The number of urea groups is 1. The Balaban J connectivity index is 2.44. The normalized spacial score (nSPS) is 18.8. The Hall–Kier alpha value is -1.26. The molecule has 1 unspecified atom stereocenters. The standard InChI is InChI=1S/C15H28N2O3/c1-11(2)6-7-12(3)16-14(20)17-15(10-13(18)19)8-4-5-9-15/h11-12H,4-10H2,1-3H3,(H,18,19)(H2,16,17,20). The van der Waals surface area contributed by atoms with Gasteiger partial charge in [-0.05, 0) is 38.5 Å². The molecule has 1 saturated carbocycles. The Morgan fingerprint density at radius 3 is 2.25 bits per heavy atom. The molecule has 0 radical (unpaired) electrons. The lowest BCUT2D eigenvalue weighted by molar-refractivity contribution is -0.138. The van der Waals surface area contributed by atoms with Crippen LogP contribution >= 0.6 is 0 Å². The van der Waals surface area contributed by atoms with Crippen molar-refractivity contribution in [2.24, 2.45) is 5.92 Å². The molecule has 0 aromatic heterocycles. The number of carboxylic acid groups (broad SMARTS) is 1. The van der Waals surface area contributed by atoms with E-state index >= 15 is 0 Å². The Bertz CT molecular complexity index is 336. The number of hydrogen-bond acceptors (Lipinski definition) is 2. The number of carboxylic acids is 1. The molecule has 1 aliphatic rings. The molecule has 1 fully saturated rings. The van der Waals surface area contributed by atoms with Crippen LogP contribution in [0.15, 0.2) is 0 Å². The number of aliphatic carboxylic acids is 1. The summed E-state index contributed by atoms with van der Waals surface area (Å²) in [5.41, 5.74) is -0.548. The van der Waals surface area contributed by atoms with E-state index in [9.17, 15) is 9.59 Å². The van der Waals surface area contributed by atoms with E-state index in [1.165, 1.54) is 0 Å². The monoisotopic (exact) mass is 284 g/mol. The van der Waals surface area contributed by atoms with Crippen molar-refractivity contribution in [3.63, 3.8) is 0 Å². The molecule has 0 heterocycles. The van der Waals surface area contributed by atoms with Gasteiger partial charge in [-0.1, -0.05) is 26.7 Å². The van der Waals surface area contributed by atoms with Gasteiger partial charge in [0.1, 0.15) is 0 Å². The molecule has 5 heteroatoms. The second kappa shape index (κ2) is 7.50. The van der Waals surface area contributed by atoms with Crippen molar-refractivity contribution in [3.05, 3.63) is 0 Å². The summed E-state index contributed by atoms with van der Waals surface area (Å²) >= 11 is 0. The molecule has 1 rings (SSSR count). The van der Waals surface area contributed by atoms with Crippen LogP contribution in [0.25, 0.3) is 0 Å². The summed E-state index contributed by atoms with van der Waals surface area (Å²) in [4.78, 5) is 23.0. The molecule has 0 spiro atoms. The summed E-state index contributed by atoms with van der Waals surface area (Å²) in [6.45, 7) is 6.31. The van der Waals surface area contributed by atoms with Crippen LogP contribution in [0.2, 0.25) is 0 Å². The van der Waals surface area contributed by atoms with Crippen LogP contribution in [0.3, 0.4) is 0 Å². The van der Waals surface area contributed by atoms with Gasteiger partial charge in [0.15, 0.2) is 0 Å². The summed E-state index contributed by atoms with van der Waals surface area (Å²) in [7, 11) is 0. The molecule has 0 bridgehead atoms. The maximum absolute atomic E-state index is 12.0. The van der Waals surface area contributed by atoms with Gasteiger partial charge in [-0.15, -0.1) is 0 Å². The third-order valence-corrected chi connectivity index (χ3v) is 3.98. The average Bonchev–Trinajstić information content (AvgIpc) is 2.73. The van der Waals surface area contributed by atoms with E-state index in [-0.39, 0.29) is 18.5 Å². The fraction of sp³-hybridized carbons (Fsp3) is 0.867. The first kappa shape index (κ1) is 16.8. The summed E-state index contributed by atoms with van der Waals surface area (Å²) < 4.78 is 0. The van der Waals surface area contributed by atoms with Gasteiger partial charge in [-0.3, -0.25) is 4.79 Å². The SMILES string of the molecule is CC(C)CCC(C)NC(=O)NC1(CC(=O)O)CCCC1. The number of amides is 2. The molecule has 0 aliphatic heterocycles. The van der Waals surface area contributed by atoms with Crippen molar-refractivity contribution >= 4 is 12.0 Å². The fourth-order valence-corrected chi connectivity index (χ4v) is 2.84. The smallest absolute Gasteiger partial charge is 0.315 e. The van der Waals surface area contributed by atoms with Crippen LogP contribution in [0.5, 0.6) is 0 Å². The second-order valence-electron chi connectivity index (χ2n) is 6.53. The third kappa shape index (κ3) is 5.80. The van der Waals surface area contributed by atoms with Gasteiger partial charge in [-0.2, -0.15) is 0 Å². The molecule has 0 saturated heterocycles. The van der Waals surface area contributed by atoms with Gasteiger partial charge in [0.25, 0.3) is 0 Å². The largest absolute Gasteiger partial charge is 0.481 e. The van der Waals surface area contributed by atoms with E-state index in [1.54, 1.807) is 0 Å². The maximum Gasteiger partial charge on any atom is 0.315 e. The van der Waals surface area contributed by atoms with Crippen LogP contribution in [0.4, 0.5) is 4.79 Å². The average molecular weight is 284 g/mol. The van der Waals surface area contributed by atoms with Crippen molar-refractivity contribution < 1.29 is 14.7 Å². The van der Waals surface area contributed by atoms with Crippen molar-refractivity contribution in [1.29, 1.82) is 0 Å². The predicted molar refractivity (Wildman–Crippen MR) is 78.7 cm³/mol. The highest BCUT2D eigenvalue weighted by Gasteiger charge is 2.37. The Morgan fingerprint density at radius 1 is 1.15 bits per heavy atom. The van der Waals surface area contributed by atoms with Crippen molar-refractivity contribution in [2.75, 3.05) is 0 Å². The van der Waals surface area contributed by atoms with Crippen LogP contribution < -0.4 is 10.6 Å². The first-order valence-corrected chi connectivity index (χ1v) is 7.63. The zero-order valence-corrected chi connectivity index (χ0v) is 12.9. The van der Waals surface area contributed by atoms with E-state index in [0.29, 0.717) is 5.92 Å². The maximum atomic E-state index is 12.0. The molecule has 1 aliphatic carbocycles. The molecule has 5 nitrogen and oxygen atoms in total. The van der Waals surface area contributed by atoms with Crippen molar-refractivity contribution in [2.45, 2.75) is 77.3 Å². The minimum absolute atomic E-state index is 0.0147. The summed E-state index contributed by atoms with van der Waals surface area (Å²) in [5, 5.41) is 14.8. The van der Waals surface area contributed by atoms with Crippen LogP contribution in [-0.4, -0.2) is 28.7 Å². The number of rotatable bonds is 7. The molecule has 116 valence electrons. The van der Waals surface area contributed by atoms with Gasteiger partial charge in [-0.25, -0.2) is 4.79 Å². The van der Waals surface area contributed by atoms with Gasteiger partial charge >= 0.3 is 12.0 Å². The van der Waals surface area contributed by atoms with Gasteiger partial charge in [0.05, 0.1) is 12.0 Å². The minimum Gasteiger partial charge on any atom is -0.481 e. The zero-order valence-electron chi connectivity index (χ0n) is 12.9. The fourth-order valence-electron chi connectivity index (χ4n) is 2.84. The summed E-state index contributed by atoms with van der Waals surface area (Å²) in [5.74, 6) is -0.226. The van der Waals surface area contributed by atoms with Crippen molar-refractivity contribution in [3.8, 4) is 0 Å². The van der Waals surface area contributed by atoms with Crippen LogP contribution in [0.1, 0.15) is 65.7 Å². The lowest BCUT2D eigenvalue weighted by Gasteiger charge is -2.29. The van der Waals surface area contributed by atoms with Gasteiger partial charge < -0.3 is 15.7 Å². The number of hydrogen-bond donors (Lipinski definition) is 3. The Labute approximate surface area is 121 Å². The van der Waals surface area contributed by atoms with Crippen LogP contribution in [-0.2, 0) is 4.79 Å². The first-order valence-electron chi connectivity index (χ1n) is 7.63. The quantitative estimate of drug-likeness (QED) is 0.672. The molecule has 0 aromatic carbocycles. The van der Waals surface area contributed by atoms with E-state index in [4.69, 9.17) is 5.11 Å². The van der Waals surface area contributed by atoms with Crippen LogP contribution in [0, 0.1) is 5.92 Å². The Morgan fingerprint density at radius 2 is 1.75 bits per heavy atom. The highest BCUT2D eigenvalue weighted by Crippen LogP contribution is 2.32. The summed E-state index contributed by atoms with van der Waals surface area (Å²) in [6.07, 6.45) is 5.51. The summed E-state index contributed by atoms with van der Waals surface area (Å²) in [6, 6.07) is -0.120. The number of carbonyl (C=O) groups is 2. The highest BCUT2D eigenvalue weighted by atomic mass is 16.4. The highest BCUT2D eigenvalue weighted by molar-refractivity contribution is 5.77. The molecule has 3 N–H and O–H groups in total. The molecule has 1 atom stereocenters. The third-order valence-electron chi connectivity index (χ3n) is 3.98. The molecule has 20 heavy (non-hydrogen) atoms. The minimum atomic E-state index is -0.847. The van der Waals surface area contributed by atoms with E-state index < -0.39 is 11.5 Å². The van der Waals surface area contributed by atoms with E-state index in [2.05, 4.69) is 24.5 Å². The predicted octanol–water partition coefficient (Wildman–Crippen LogP) is 2.90.